The highest BCUT2D eigenvalue weighted by Gasteiger charge is 2.33. The topological polar surface area (TPSA) is 168 Å². The van der Waals surface area contributed by atoms with Gasteiger partial charge in [-0.2, -0.15) is 0 Å². The smallest absolute Gasteiger partial charge is 0.412 e. The SMILES string of the molecule is COCCCOc1cc(CC(CC(NC(=O)Oc2cccc(CON(O)O)c2)C(O)CC(C(=O)NCC(C)C)C(C)C)C(C)C)ccc1OC. The molecule has 0 aliphatic carbocycles. The molecule has 0 aliphatic rings. The van der Waals surface area contributed by atoms with Crippen molar-refractivity contribution in [2.45, 2.75) is 86.0 Å². The molecule has 13 heteroatoms. The summed E-state index contributed by atoms with van der Waals surface area (Å²) < 4.78 is 22.3. The Morgan fingerprint density at radius 2 is 1.62 bits per heavy atom. The number of aliphatic hydroxyl groups is 1. The lowest BCUT2D eigenvalue weighted by molar-refractivity contribution is -0.497. The zero-order valence-corrected chi connectivity index (χ0v) is 30.9. The van der Waals surface area contributed by atoms with Crippen LogP contribution in [0.1, 0.15) is 71.9 Å². The fourth-order valence-electron chi connectivity index (χ4n) is 5.54. The fraction of sp³-hybridized carbons (Fsp3) is 0.622. The Hall–Kier alpha value is -3.46. The summed E-state index contributed by atoms with van der Waals surface area (Å²) in [6.07, 6.45) is 0.0741. The molecule has 282 valence electrons. The molecular weight excluding hydrogens is 646 g/mol. The van der Waals surface area contributed by atoms with Gasteiger partial charge in [0.1, 0.15) is 5.75 Å². The van der Waals surface area contributed by atoms with Crippen molar-refractivity contribution in [3.05, 3.63) is 53.6 Å². The van der Waals surface area contributed by atoms with Crippen LogP contribution in [0.5, 0.6) is 17.2 Å². The van der Waals surface area contributed by atoms with Crippen molar-refractivity contribution < 1.29 is 48.9 Å². The highest BCUT2D eigenvalue weighted by Crippen LogP contribution is 2.32. The standard InChI is InChI=1S/C37H59N3O10/c1-24(2)22-38-36(42)31(26(5)6)21-33(41)32(39-37(43)50-30-12-9-11-28(18-30)23-49-40(44)45)20-29(25(3)4)17-27-13-14-34(47-8)35(19-27)48-16-10-15-46-7/h9,11-14,18-19,24-26,29,31-33,41,44-45H,10,15-17,20-23H2,1-8H3,(H,38,42)(H,39,43). The molecule has 0 bridgehead atoms. The van der Waals surface area contributed by atoms with Gasteiger partial charge < -0.3 is 34.7 Å². The van der Waals surface area contributed by atoms with Crippen LogP contribution in [0.3, 0.4) is 0 Å². The molecule has 2 aromatic carbocycles. The number of amides is 2. The van der Waals surface area contributed by atoms with E-state index in [0.29, 0.717) is 49.7 Å². The summed E-state index contributed by atoms with van der Waals surface area (Å²) in [5, 5.41) is 34.9. The molecule has 2 amide bonds. The van der Waals surface area contributed by atoms with Crippen molar-refractivity contribution in [1.29, 1.82) is 0 Å². The van der Waals surface area contributed by atoms with Crippen LogP contribution < -0.4 is 24.8 Å². The lowest BCUT2D eigenvalue weighted by Crippen LogP contribution is -2.48. The summed E-state index contributed by atoms with van der Waals surface area (Å²) in [5.74, 6) is 1.25. The van der Waals surface area contributed by atoms with Crippen LogP contribution in [0.25, 0.3) is 0 Å². The van der Waals surface area contributed by atoms with Crippen molar-refractivity contribution in [2.24, 2.45) is 29.6 Å². The van der Waals surface area contributed by atoms with Crippen molar-refractivity contribution >= 4 is 12.0 Å². The number of nitrogens with zero attached hydrogens (tertiary/aromatic N) is 1. The summed E-state index contributed by atoms with van der Waals surface area (Å²) in [4.78, 5) is 31.2. The minimum Gasteiger partial charge on any atom is -0.493 e. The molecule has 2 aromatic rings. The van der Waals surface area contributed by atoms with Crippen LogP contribution in [0.2, 0.25) is 0 Å². The minimum absolute atomic E-state index is 0.0114. The molecule has 0 saturated carbocycles. The van der Waals surface area contributed by atoms with Crippen LogP contribution in [0.15, 0.2) is 42.5 Å². The zero-order chi connectivity index (χ0) is 37.2. The number of aliphatic hydroxyl groups excluding tert-OH is 1. The summed E-state index contributed by atoms with van der Waals surface area (Å²) >= 11 is 0. The number of methoxy groups -OCH3 is 2. The van der Waals surface area contributed by atoms with Gasteiger partial charge in [-0.05, 0) is 78.3 Å². The number of rotatable bonds is 23. The van der Waals surface area contributed by atoms with E-state index >= 15 is 0 Å². The summed E-state index contributed by atoms with van der Waals surface area (Å²) in [6, 6.07) is 11.5. The van der Waals surface area contributed by atoms with E-state index in [1.165, 1.54) is 6.07 Å². The van der Waals surface area contributed by atoms with Crippen molar-refractivity contribution in [3.63, 3.8) is 0 Å². The Balaban J connectivity index is 2.33. The predicted molar refractivity (Wildman–Crippen MR) is 188 cm³/mol. The number of benzene rings is 2. The second-order valence-electron chi connectivity index (χ2n) is 13.7. The molecule has 50 heavy (non-hydrogen) atoms. The first kappa shape index (κ1) is 42.7. The maximum atomic E-state index is 13.3. The number of ether oxygens (including phenoxy) is 4. The summed E-state index contributed by atoms with van der Waals surface area (Å²) in [7, 11) is 3.25. The van der Waals surface area contributed by atoms with Crippen molar-refractivity contribution in [2.75, 3.05) is 34.0 Å². The molecular formula is C37H59N3O10. The van der Waals surface area contributed by atoms with Gasteiger partial charge in [-0.15, -0.1) is 0 Å². The predicted octanol–water partition coefficient (Wildman–Crippen LogP) is 5.78. The molecule has 0 heterocycles. The first-order valence-corrected chi connectivity index (χ1v) is 17.4. The zero-order valence-electron chi connectivity index (χ0n) is 30.9. The lowest BCUT2D eigenvalue weighted by Gasteiger charge is -2.32. The quantitative estimate of drug-likeness (QED) is 0.0702. The number of nitrogens with one attached hydrogen (secondary N) is 2. The van der Waals surface area contributed by atoms with Crippen LogP contribution in [0, 0.1) is 29.6 Å². The molecule has 13 nitrogen and oxygen atoms in total. The average molecular weight is 706 g/mol. The second-order valence-corrected chi connectivity index (χ2v) is 13.7. The number of hydrogen-bond donors (Lipinski definition) is 5. The van der Waals surface area contributed by atoms with E-state index in [-0.39, 0.29) is 48.4 Å². The van der Waals surface area contributed by atoms with Gasteiger partial charge in [0.2, 0.25) is 5.91 Å². The number of hydrogen-bond acceptors (Lipinski definition) is 11. The summed E-state index contributed by atoms with van der Waals surface area (Å²) in [5.41, 5.74) is 1.53. The third kappa shape index (κ3) is 15.6. The molecule has 2 rings (SSSR count). The van der Waals surface area contributed by atoms with Gasteiger partial charge in [0, 0.05) is 32.6 Å². The van der Waals surface area contributed by atoms with Gasteiger partial charge in [0.15, 0.2) is 11.5 Å². The largest absolute Gasteiger partial charge is 0.493 e. The van der Waals surface area contributed by atoms with Crippen LogP contribution in [-0.2, 0) is 27.4 Å². The third-order valence-electron chi connectivity index (χ3n) is 8.52. The van der Waals surface area contributed by atoms with E-state index in [9.17, 15) is 14.7 Å². The van der Waals surface area contributed by atoms with Crippen LogP contribution >= 0.6 is 0 Å². The molecule has 0 fully saturated rings. The van der Waals surface area contributed by atoms with Crippen LogP contribution in [0.4, 0.5) is 4.79 Å². The maximum absolute atomic E-state index is 13.3. The molecule has 0 spiro atoms. The second kappa shape index (κ2) is 22.4. The first-order chi connectivity index (χ1) is 23.7. The van der Waals surface area contributed by atoms with Gasteiger partial charge in [-0.25, -0.2) is 9.63 Å². The fourth-order valence-corrected chi connectivity index (χ4v) is 5.54. The minimum atomic E-state index is -1.06. The Morgan fingerprint density at radius 3 is 2.24 bits per heavy atom. The van der Waals surface area contributed by atoms with E-state index in [2.05, 4.69) is 29.3 Å². The van der Waals surface area contributed by atoms with Crippen molar-refractivity contribution in [3.8, 4) is 17.2 Å². The summed E-state index contributed by atoms with van der Waals surface area (Å²) in [6.45, 7) is 13.5. The van der Waals surface area contributed by atoms with Gasteiger partial charge in [0.25, 0.3) is 0 Å². The van der Waals surface area contributed by atoms with E-state index in [0.717, 1.165) is 12.0 Å². The Labute approximate surface area is 297 Å². The molecule has 0 aromatic heterocycles. The van der Waals surface area contributed by atoms with Crippen LogP contribution in [-0.4, -0.2) is 79.0 Å². The average Bonchev–Trinajstić information content (AvgIpc) is 3.06. The Bertz CT molecular complexity index is 1290. The van der Waals surface area contributed by atoms with E-state index in [1.807, 2.05) is 45.9 Å². The molecule has 5 N–H and O–H groups in total. The Kier molecular flexibility index (Phi) is 19.1. The number of carbonyl (C=O) groups excluding carboxylic acids is 2. The van der Waals surface area contributed by atoms with Gasteiger partial charge >= 0.3 is 6.09 Å². The first-order valence-electron chi connectivity index (χ1n) is 17.4. The monoisotopic (exact) mass is 705 g/mol. The number of carbonyl (C=O) groups is 2. The molecule has 0 radical (unpaired) electrons. The third-order valence-corrected chi connectivity index (χ3v) is 8.52. The highest BCUT2D eigenvalue weighted by molar-refractivity contribution is 5.79. The molecule has 0 aliphatic heterocycles. The van der Waals surface area contributed by atoms with E-state index in [1.54, 1.807) is 32.4 Å². The molecule has 0 saturated heterocycles. The van der Waals surface area contributed by atoms with Gasteiger partial charge in [-0.1, -0.05) is 59.7 Å². The molecule has 4 unspecified atom stereocenters. The molecule has 4 atom stereocenters. The van der Waals surface area contributed by atoms with Gasteiger partial charge in [0.05, 0.1) is 37.9 Å². The van der Waals surface area contributed by atoms with Gasteiger partial charge in [-0.3, -0.25) is 15.2 Å². The van der Waals surface area contributed by atoms with Crippen molar-refractivity contribution in [1.82, 2.24) is 16.0 Å². The van der Waals surface area contributed by atoms with E-state index in [4.69, 9.17) is 29.4 Å². The maximum Gasteiger partial charge on any atom is 0.412 e. The lowest BCUT2D eigenvalue weighted by atomic mass is 9.80. The Morgan fingerprint density at radius 1 is 0.880 bits per heavy atom. The normalized spacial score (nSPS) is 14.1. The highest BCUT2D eigenvalue weighted by atomic mass is 17.1. The van der Waals surface area contributed by atoms with E-state index < -0.39 is 29.5 Å².